The molecule has 0 unspecified atom stereocenters. The molecule has 0 radical (unpaired) electrons. The number of hydrogen-bond donors (Lipinski definition) is 1. The Morgan fingerprint density at radius 2 is 2.00 bits per heavy atom. The predicted molar refractivity (Wildman–Crippen MR) is 93.6 cm³/mol. The quantitative estimate of drug-likeness (QED) is 0.810. The molecule has 118 valence electrons. The van der Waals surface area contributed by atoms with Gasteiger partial charge < -0.3 is 10.5 Å². The third-order valence-electron chi connectivity index (χ3n) is 3.62. The molecule has 2 rings (SSSR count). The van der Waals surface area contributed by atoms with Gasteiger partial charge in [0.25, 0.3) is 0 Å². The molecule has 22 heavy (non-hydrogen) atoms. The highest BCUT2D eigenvalue weighted by atomic mass is 32.1. The van der Waals surface area contributed by atoms with Crippen LogP contribution < -0.4 is 5.73 Å². The average Bonchev–Trinajstić information content (AvgIpc) is 2.81. The summed E-state index contributed by atoms with van der Waals surface area (Å²) in [6, 6.07) is 6.27. The lowest BCUT2D eigenvalue weighted by atomic mass is 9.95. The van der Waals surface area contributed by atoms with Crippen LogP contribution >= 0.6 is 11.3 Å². The number of hydrogen-bond acceptors (Lipinski definition) is 4. The van der Waals surface area contributed by atoms with Gasteiger partial charge >= 0.3 is 5.97 Å². The van der Waals surface area contributed by atoms with E-state index in [0.717, 1.165) is 34.4 Å². The molecule has 2 aromatic rings. The van der Waals surface area contributed by atoms with Gasteiger partial charge in [-0.25, -0.2) is 4.79 Å². The number of esters is 1. The highest BCUT2D eigenvalue weighted by molar-refractivity contribution is 7.17. The number of nitrogen functional groups attached to an aromatic ring is 1. The van der Waals surface area contributed by atoms with Crippen molar-refractivity contribution in [3.05, 3.63) is 39.8 Å². The fourth-order valence-corrected chi connectivity index (χ4v) is 3.61. The number of benzene rings is 1. The Bertz CT molecular complexity index is 689. The number of rotatable bonds is 5. The van der Waals surface area contributed by atoms with Crippen LogP contribution in [0.15, 0.2) is 18.2 Å². The second-order valence-corrected chi connectivity index (χ2v) is 6.58. The molecule has 0 amide bonds. The fourth-order valence-electron chi connectivity index (χ4n) is 2.59. The van der Waals surface area contributed by atoms with Crippen LogP contribution in [0.2, 0.25) is 0 Å². The first-order valence-corrected chi connectivity index (χ1v) is 8.47. The first kappa shape index (κ1) is 16.6. The summed E-state index contributed by atoms with van der Waals surface area (Å²) in [6.45, 7) is 8.61. The van der Waals surface area contributed by atoms with Crippen molar-refractivity contribution in [3.63, 3.8) is 0 Å². The van der Waals surface area contributed by atoms with E-state index in [9.17, 15) is 4.79 Å². The van der Waals surface area contributed by atoms with E-state index in [4.69, 9.17) is 10.5 Å². The zero-order valence-electron chi connectivity index (χ0n) is 13.7. The summed E-state index contributed by atoms with van der Waals surface area (Å²) in [5.41, 5.74) is 11.0. The van der Waals surface area contributed by atoms with Gasteiger partial charge in [0, 0.05) is 10.4 Å². The fraction of sp³-hybridized carbons (Fsp3) is 0.389. The Hall–Kier alpha value is -1.81. The minimum atomic E-state index is -0.315. The van der Waals surface area contributed by atoms with E-state index in [1.165, 1.54) is 16.9 Å². The van der Waals surface area contributed by atoms with Crippen molar-refractivity contribution in [2.45, 2.75) is 40.5 Å². The van der Waals surface area contributed by atoms with Gasteiger partial charge in [0.2, 0.25) is 0 Å². The van der Waals surface area contributed by atoms with Crippen LogP contribution in [0.25, 0.3) is 11.1 Å². The molecule has 2 N–H and O–H groups in total. The molecule has 0 bridgehead atoms. The maximum Gasteiger partial charge on any atom is 0.341 e. The van der Waals surface area contributed by atoms with E-state index in [1.807, 2.05) is 6.92 Å². The van der Waals surface area contributed by atoms with E-state index in [0.29, 0.717) is 17.2 Å². The zero-order chi connectivity index (χ0) is 16.3. The molecule has 0 aliphatic carbocycles. The molecule has 3 nitrogen and oxygen atoms in total. The summed E-state index contributed by atoms with van der Waals surface area (Å²) in [7, 11) is 0. The van der Waals surface area contributed by atoms with Crippen molar-refractivity contribution in [3.8, 4) is 11.1 Å². The number of carbonyl (C=O) groups excluding carboxylic acids is 1. The summed E-state index contributed by atoms with van der Waals surface area (Å²) in [5, 5.41) is 0.549. The van der Waals surface area contributed by atoms with Crippen molar-refractivity contribution in [2.75, 3.05) is 12.3 Å². The highest BCUT2D eigenvalue weighted by Gasteiger charge is 2.24. The molecule has 1 aromatic heterocycles. The van der Waals surface area contributed by atoms with Gasteiger partial charge in [0.15, 0.2) is 0 Å². The van der Waals surface area contributed by atoms with Crippen molar-refractivity contribution in [2.24, 2.45) is 0 Å². The largest absolute Gasteiger partial charge is 0.462 e. The maximum atomic E-state index is 12.4. The second kappa shape index (κ2) is 6.97. The second-order valence-electron chi connectivity index (χ2n) is 5.45. The Morgan fingerprint density at radius 3 is 2.59 bits per heavy atom. The number of anilines is 1. The van der Waals surface area contributed by atoms with E-state index in [2.05, 4.69) is 39.0 Å². The molecule has 0 fully saturated rings. The standard InChI is InChI=1S/C18H23NO2S/c1-5-9-21-18(20)16-15(14(6-2)22-17(16)19)13-8-7-11(3)10-12(13)4/h7-8,10H,5-6,9,19H2,1-4H3. The van der Waals surface area contributed by atoms with Crippen LogP contribution in [-0.4, -0.2) is 12.6 Å². The predicted octanol–water partition coefficient (Wildman–Crippen LogP) is 4.74. The Morgan fingerprint density at radius 1 is 1.27 bits per heavy atom. The van der Waals surface area contributed by atoms with Gasteiger partial charge in [-0.15, -0.1) is 11.3 Å². The van der Waals surface area contributed by atoms with Gasteiger partial charge in [-0.1, -0.05) is 37.6 Å². The Kier molecular flexibility index (Phi) is 5.24. The number of aryl methyl sites for hydroxylation is 3. The molecular formula is C18H23NO2S. The minimum Gasteiger partial charge on any atom is -0.462 e. The first-order valence-electron chi connectivity index (χ1n) is 7.65. The normalized spacial score (nSPS) is 10.7. The van der Waals surface area contributed by atoms with Gasteiger partial charge in [-0.2, -0.15) is 0 Å². The summed E-state index contributed by atoms with van der Waals surface area (Å²) >= 11 is 1.49. The Labute approximate surface area is 136 Å². The lowest BCUT2D eigenvalue weighted by Gasteiger charge is -2.11. The Balaban J connectivity index is 2.60. The van der Waals surface area contributed by atoms with E-state index >= 15 is 0 Å². The van der Waals surface area contributed by atoms with Crippen LogP contribution in [0.3, 0.4) is 0 Å². The maximum absolute atomic E-state index is 12.4. The molecule has 0 aliphatic heterocycles. The number of nitrogens with two attached hydrogens (primary N) is 1. The SMILES string of the molecule is CCCOC(=O)c1c(N)sc(CC)c1-c1ccc(C)cc1C. The van der Waals surface area contributed by atoms with E-state index < -0.39 is 0 Å². The van der Waals surface area contributed by atoms with Crippen LogP contribution in [0, 0.1) is 13.8 Å². The van der Waals surface area contributed by atoms with Crippen LogP contribution in [0.4, 0.5) is 5.00 Å². The van der Waals surface area contributed by atoms with Gasteiger partial charge in [0.05, 0.1) is 6.61 Å². The van der Waals surface area contributed by atoms with Crippen LogP contribution in [-0.2, 0) is 11.2 Å². The van der Waals surface area contributed by atoms with Gasteiger partial charge in [0.1, 0.15) is 10.6 Å². The van der Waals surface area contributed by atoms with Crippen LogP contribution in [0.5, 0.6) is 0 Å². The lowest BCUT2D eigenvalue weighted by molar-refractivity contribution is 0.0507. The summed E-state index contributed by atoms with van der Waals surface area (Å²) < 4.78 is 5.33. The van der Waals surface area contributed by atoms with Crippen molar-refractivity contribution in [1.29, 1.82) is 0 Å². The molecule has 1 heterocycles. The van der Waals surface area contributed by atoms with Crippen molar-refractivity contribution < 1.29 is 9.53 Å². The minimum absolute atomic E-state index is 0.315. The molecule has 4 heteroatoms. The van der Waals surface area contributed by atoms with E-state index in [-0.39, 0.29) is 5.97 Å². The van der Waals surface area contributed by atoms with Gasteiger partial charge in [-0.05, 0) is 37.8 Å². The monoisotopic (exact) mass is 317 g/mol. The molecular weight excluding hydrogens is 294 g/mol. The third-order valence-corrected chi connectivity index (χ3v) is 4.79. The molecule has 0 spiro atoms. The van der Waals surface area contributed by atoms with Crippen molar-refractivity contribution >= 4 is 22.3 Å². The average molecular weight is 317 g/mol. The van der Waals surface area contributed by atoms with E-state index in [1.54, 1.807) is 0 Å². The smallest absolute Gasteiger partial charge is 0.341 e. The summed E-state index contributed by atoms with van der Waals surface area (Å²) in [4.78, 5) is 13.6. The third kappa shape index (κ3) is 3.17. The molecule has 0 saturated carbocycles. The zero-order valence-corrected chi connectivity index (χ0v) is 14.5. The van der Waals surface area contributed by atoms with Gasteiger partial charge in [-0.3, -0.25) is 0 Å². The number of thiophene rings is 1. The molecule has 0 atom stereocenters. The summed E-state index contributed by atoms with van der Waals surface area (Å²) in [6.07, 6.45) is 1.65. The van der Waals surface area contributed by atoms with Crippen LogP contribution in [0.1, 0.15) is 46.6 Å². The number of ether oxygens (including phenoxy) is 1. The lowest BCUT2D eigenvalue weighted by Crippen LogP contribution is -2.09. The number of carbonyl (C=O) groups is 1. The molecule has 1 aromatic carbocycles. The molecule has 0 saturated heterocycles. The molecule has 0 aliphatic rings. The summed E-state index contributed by atoms with van der Waals surface area (Å²) in [5.74, 6) is -0.315. The van der Waals surface area contributed by atoms with Crippen molar-refractivity contribution in [1.82, 2.24) is 0 Å². The topological polar surface area (TPSA) is 52.3 Å². The first-order chi connectivity index (χ1) is 10.5. The highest BCUT2D eigenvalue weighted by Crippen LogP contribution is 2.40.